The minimum atomic E-state index is -0.908. The van der Waals surface area contributed by atoms with E-state index in [-0.39, 0.29) is 31.6 Å². The van der Waals surface area contributed by atoms with Crippen LogP contribution in [-0.4, -0.2) is 78.5 Å². The van der Waals surface area contributed by atoms with E-state index in [0.29, 0.717) is 48.4 Å². The van der Waals surface area contributed by atoms with Gasteiger partial charge in [-0.05, 0) is 64.8 Å². The average molecular weight is 622 g/mol. The van der Waals surface area contributed by atoms with E-state index in [1.54, 1.807) is 76.2 Å². The number of carbonyl (C=O) groups is 5. The zero-order valence-electron chi connectivity index (χ0n) is 26.5. The normalized spacial score (nSPS) is 16.9. The summed E-state index contributed by atoms with van der Waals surface area (Å²) in [7, 11) is 0. The van der Waals surface area contributed by atoms with E-state index in [4.69, 9.17) is 14.2 Å². The molecule has 3 amide bonds. The highest BCUT2D eigenvalue weighted by molar-refractivity contribution is 6.21. The van der Waals surface area contributed by atoms with Crippen LogP contribution >= 0.6 is 0 Å². The van der Waals surface area contributed by atoms with Crippen LogP contribution in [0.4, 0.5) is 5.69 Å². The average Bonchev–Trinajstić information content (AvgIpc) is 3.16. The Labute approximate surface area is 264 Å². The predicted octanol–water partition coefficient (Wildman–Crippen LogP) is 4.28. The second kappa shape index (κ2) is 15.2. The quantitative estimate of drug-likeness (QED) is 0.187. The molecule has 0 fully saturated rings. The van der Waals surface area contributed by atoms with Crippen LogP contribution in [0, 0.1) is 0 Å². The van der Waals surface area contributed by atoms with Crippen LogP contribution in [0.1, 0.15) is 86.9 Å². The Morgan fingerprint density at radius 1 is 0.911 bits per heavy atom. The number of esters is 2. The van der Waals surface area contributed by atoms with E-state index in [2.05, 4.69) is 5.32 Å². The van der Waals surface area contributed by atoms with Crippen LogP contribution in [0.2, 0.25) is 0 Å². The number of amides is 3. The predicted molar refractivity (Wildman–Crippen MR) is 167 cm³/mol. The van der Waals surface area contributed by atoms with Gasteiger partial charge < -0.3 is 14.2 Å². The highest BCUT2D eigenvalue weighted by Gasteiger charge is 2.37. The first-order valence-electron chi connectivity index (χ1n) is 15.6. The van der Waals surface area contributed by atoms with Crippen molar-refractivity contribution in [2.24, 2.45) is 0 Å². The number of hydrogen-bond acceptors (Lipinski definition) is 9. The molecule has 4 rings (SSSR count). The number of fused-ring (bicyclic) bond motifs is 2. The van der Waals surface area contributed by atoms with Gasteiger partial charge >= 0.3 is 11.9 Å². The molecule has 0 spiro atoms. The highest BCUT2D eigenvalue weighted by atomic mass is 16.6. The number of rotatable bonds is 14. The lowest BCUT2D eigenvalue weighted by Crippen LogP contribution is -2.55. The second-order valence-electron chi connectivity index (χ2n) is 12.2. The molecule has 2 aliphatic heterocycles. The van der Waals surface area contributed by atoms with Gasteiger partial charge in [0, 0.05) is 6.54 Å². The first-order valence-corrected chi connectivity index (χ1v) is 15.6. The summed E-state index contributed by atoms with van der Waals surface area (Å²) in [4.78, 5) is 67.2. The number of para-hydroxylation sites is 2. The van der Waals surface area contributed by atoms with Crippen molar-refractivity contribution < 1.29 is 38.2 Å². The molecule has 2 aromatic carbocycles. The van der Waals surface area contributed by atoms with Crippen LogP contribution < -0.4 is 15.0 Å². The summed E-state index contributed by atoms with van der Waals surface area (Å²) in [5, 5.41) is 3.15. The van der Waals surface area contributed by atoms with Crippen LogP contribution in [-0.2, 0) is 23.9 Å². The third-order valence-electron chi connectivity index (χ3n) is 7.56. The van der Waals surface area contributed by atoms with Gasteiger partial charge in [-0.25, -0.2) is 0 Å². The number of unbranched alkanes of at least 4 members (excludes halogenated alkanes) is 4. The number of nitrogens with one attached hydrogen (secondary N) is 1. The Balaban J connectivity index is 1.31. The molecule has 45 heavy (non-hydrogen) atoms. The monoisotopic (exact) mass is 621 g/mol. The number of nitrogens with zero attached hydrogens (tertiary/aromatic N) is 2. The van der Waals surface area contributed by atoms with E-state index in [0.717, 1.165) is 19.3 Å². The number of hydrogen-bond donors (Lipinski definition) is 1. The number of carbonyl (C=O) groups excluding carboxylic acids is 5. The van der Waals surface area contributed by atoms with Crippen molar-refractivity contribution >= 4 is 35.3 Å². The molecule has 1 unspecified atom stereocenters. The molecular weight excluding hydrogens is 578 g/mol. The van der Waals surface area contributed by atoms with Gasteiger partial charge in [0.25, 0.3) is 11.8 Å². The molecule has 0 aliphatic carbocycles. The Morgan fingerprint density at radius 3 is 2.20 bits per heavy atom. The lowest BCUT2D eigenvalue weighted by atomic mass is 10.0. The summed E-state index contributed by atoms with van der Waals surface area (Å²) in [6, 6.07) is 12.2. The molecule has 0 saturated heterocycles. The van der Waals surface area contributed by atoms with Gasteiger partial charge in [0.15, 0.2) is 0 Å². The maximum Gasteiger partial charge on any atom is 0.326 e. The van der Waals surface area contributed by atoms with E-state index >= 15 is 0 Å². The van der Waals surface area contributed by atoms with E-state index in [1.165, 1.54) is 9.80 Å². The van der Waals surface area contributed by atoms with Gasteiger partial charge in [-0.2, -0.15) is 0 Å². The van der Waals surface area contributed by atoms with Crippen LogP contribution in [0.15, 0.2) is 48.5 Å². The summed E-state index contributed by atoms with van der Waals surface area (Å²) in [6.45, 7) is 7.22. The summed E-state index contributed by atoms with van der Waals surface area (Å²) in [6.07, 6.45) is 4.28. The molecule has 0 bridgehead atoms. The van der Waals surface area contributed by atoms with Crippen LogP contribution in [0.3, 0.4) is 0 Å². The third-order valence-corrected chi connectivity index (χ3v) is 7.56. The van der Waals surface area contributed by atoms with Gasteiger partial charge in [0.2, 0.25) is 5.91 Å². The van der Waals surface area contributed by atoms with Crippen molar-refractivity contribution in [1.29, 1.82) is 0 Å². The number of imide groups is 1. The van der Waals surface area contributed by atoms with Crippen molar-refractivity contribution in [1.82, 2.24) is 10.2 Å². The van der Waals surface area contributed by atoms with Crippen molar-refractivity contribution in [2.45, 2.75) is 83.9 Å². The molecule has 11 heteroatoms. The molecule has 0 saturated carbocycles. The SMILES string of the molecule is CCOC(=O)[C@H](CCCCCCCN1C(=O)c2ccccc2C1=O)NC1COc2ccccc2N(CC(=O)OC(C)(C)C)C1=O. The maximum absolute atomic E-state index is 13.8. The lowest BCUT2D eigenvalue weighted by Gasteiger charge is -2.28. The molecule has 0 aromatic heterocycles. The largest absolute Gasteiger partial charge is 0.489 e. The maximum atomic E-state index is 13.8. The summed E-state index contributed by atoms with van der Waals surface area (Å²) in [5.74, 6) is -1.47. The number of ether oxygens (including phenoxy) is 3. The Bertz CT molecular complexity index is 1370. The van der Waals surface area contributed by atoms with Crippen molar-refractivity contribution in [3.8, 4) is 5.75 Å². The molecule has 242 valence electrons. The van der Waals surface area contributed by atoms with Gasteiger partial charge in [-0.3, -0.25) is 39.1 Å². The highest BCUT2D eigenvalue weighted by Crippen LogP contribution is 2.31. The van der Waals surface area contributed by atoms with Crippen molar-refractivity contribution in [3.05, 3.63) is 59.7 Å². The molecule has 0 radical (unpaired) electrons. The number of benzene rings is 2. The fourth-order valence-electron chi connectivity index (χ4n) is 5.48. The fraction of sp³-hybridized carbons (Fsp3) is 0.500. The minimum absolute atomic E-state index is 0.0334. The topological polar surface area (TPSA) is 132 Å². The van der Waals surface area contributed by atoms with Crippen LogP contribution in [0.5, 0.6) is 5.75 Å². The van der Waals surface area contributed by atoms with Gasteiger partial charge in [0.1, 0.15) is 36.6 Å². The lowest BCUT2D eigenvalue weighted by molar-refractivity contribution is -0.154. The Hall–Kier alpha value is -4.25. The zero-order chi connectivity index (χ0) is 32.6. The molecule has 1 N–H and O–H groups in total. The van der Waals surface area contributed by atoms with E-state index in [1.807, 2.05) is 0 Å². The second-order valence-corrected chi connectivity index (χ2v) is 12.2. The molecule has 2 atom stereocenters. The molecule has 2 aromatic rings. The molecule has 2 heterocycles. The Morgan fingerprint density at radius 2 is 1.53 bits per heavy atom. The summed E-state index contributed by atoms with van der Waals surface area (Å²) in [5.41, 5.74) is 0.638. The van der Waals surface area contributed by atoms with Gasteiger partial charge in [-0.1, -0.05) is 49.9 Å². The van der Waals surface area contributed by atoms with Gasteiger partial charge in [-0.15, -0.1) is 0 Å². The Kier molecular flexibility index (Phi) is 11.3. The third kappa shape index (κ3) is 8.69. The van der Waals surface area contributed by atoms with E-state index in [9.17, 15) is 24.0 Å². The smallest absolute Gasteiger partial charge is 0.326 e. The summed E-state index contributed by atoms with van der Waals surface area (Å²) >= 11 is 0. The molecular formula is C34H43N3O8. The molecule has 11 nitrogen and oxygen atoms in total. The van der Waals surface area contributed by atoms with Crippen molar-refractivity contribution in [3.63, 3.8) is 0 Å². The van der Waals surface area contributed by atoms with Crippen LogP contribution in [0.25, 0.3) is 0 Å². The van der Waals surface area contributed by atoms with Crippen molar-refractivity contribution in [2.75, 3.05) is 31.2 Å². The summed E-state index contributed by atoms with van der Waals surface area (Å²) < 4.78 is 16.7. The molecule has 2 aliphatic rings. The zero-order valence-corrected chi connectivity index (χ0v) is 26.5. The minimum Gasteiger partial charge on any atom is -0.489 e. The first kappa shape index (κ1) is 33.6. The van der Waals surface area contributed by atoms with E-state index < -0.39 is 35.5 Å². The first-order chi connectivity index (χ1) is 21.5. The van der Waals surface area contributed by atoms with Gasteiger partial charge in [0.05, 0.1) is 23.4 Å². The standard InChI is InChI=1S/C34H43N3O8/c1-5-43-33(42)25(17-9-7-6-8-14-20-36-30(39)23-15-10-11-16-24(23)31(36)40)35-26-22-44-28-19-13-12-18-27(28)37(32(26)41)21-29(38)45-34(2,3)4/h10-13,15-16,18-19,25-26,35H,5-9,14,17,20-22H2,1-4H3/t25-,26?/m0/s1. The fourth-order valence-corrected chi connectivity index (χ4v) is 5.48. The number of anilines is 1.